The number of sulfone groups is 1. The molecule has 138 valence electrons. The van der Waals surface area contributed by atoms with E-state index in [0.29, 0.717) is 35.5 Å². The summed E-state index contributed by atoms with van der Waals surface area (Å²) in [7, 11) is -3.19. The number of ether oxygens (including phenoxy) is 1. The molecule has 1 heterocycles. The van der Waals surface area contributed by atoms with E-state index in [2.05, 4.69) is 5.32 Å². The van der Waals surface area contributed by atoms with Crippen LogP contribution in [0.25, 0.3) is 0 Å². The van der Waals surface area contributed by atoms with Crippen molar-refractivity contribution < 1.29 is 22.3 Å². The molecule has 0 radical (unpaired) electrons. The quantitative estimate of drug-likeness (QED) is 0.889. The number of carbonyl (C=O) groups is 1. The standard InChI is InChI=1S/C19H20FNO4S/c1-26(23,24)12-13-4-2-5-14(10-13)19(22)21-17-6-3-9-25-18-8-7-15(20)11-16(17)18/h2,4-5,7-8,10-11,17H,3,6,9,12H2,1H3,(H,21,22)/t17-/m1/s1. The van der Waals surface area contributed by atoms with Gasteiger partial charge >= 0.3 is 0 Å². The molecule has 1 aliphatic rings. The summed E-state index contributed by atoms with van der Waals surface area (Å²) in [5, 5.41) is 2.91. The Morgan fingerprint density at radius 2 is 2.08 bits per heavy atom. The Kier molecular flexibility index (Phi) is 5.27. The molecule has 1 aliphatic heterocycles. The van der Waals surface area contributed by atoms with Crippen LogP contribution < -0.4 is 10.1 Å². The van der Waals surface area contributed by atoms with Crippen LogP contribution in [0.15, 0.2) is 42.5 Å². The molecule has 0 aromatic heterocycles. The van der Waals surface area contributed by atoms with Crippen molar-refractivity contribution in [3.05, 3.63) is 65.0 Å². The number of hydrogen-bond donors (Lipinski definition) is 1. The SMILES string of the molecule is CS(=O)(=O)Cc1cccc(C(=O)N[C@@H]2CCCOc3ccc(F)cc32)c1. The van der Waals surface area contributed by atoms with Crippen molar-refractivity contribution in [2.75, 3.05) is 12.9 Å². The molecule has 0 fully saturated rings. The number of nitrogens with one attached hydrogen (secondary N) is 1. The van der Waals surface area contributed by atoms with Crippen LogP contribution in [0.3, 0.4) is 0 Å². The Hall–Kier alpha value is -2.41. The van der Waals surface area contributed by atoms with Gasteiger partial charge in [-0.2, -0.15) is 0 Å². The van der Waals surface area contributed by atoms with Gasteiger partial charge in [0.2, 0.25) is 0 Å². The average Bonchev–Trinajstić information content (AvgIpc) is 2.76. The van der Waals surface area contributed by atoms with Gasteiger partial charge in [-0.25, -0.2) is 12.8 Å². The van der Waals surface area contributed by atoms with E-state index in [1.165, 1.54) is 12.1 Å². The van der Waals surface area contributed by atoms with Crippen LogP contribution in [0.4, 0.5) is 4.39 Å². The Bertz CT molecular complexity index is 927. The number of hydrogen-bond acceptors (Lipinski definition) is 4. The van der Waals surface area contributed by atoms with Crippen LogP contribution in [-0.2, 0) is 15.6 Å². The maximum absolute atomic E-state index is 13.6. The third kappa shape index (κ3) is 4.60. The zero-order chi connectivity index (χ0) is 18.7. The molecule has 5 nitrogen and oxygen atoms in total. The second-order valence-corrected chi connectivity index (χ2v) is 8.61. The highest BCUT2D eigenvalue weighted by atomic mass is 32.2. The first-order valence-electron chi connectivity index (χ1n) is 8.31. The largest absolute Gasteiger partial charge is 0.493 e. The summed E-state index contributed by atoms with van der Waals surface area (Å²) < 4.78 is 42.2. The highest BCUT2D eigenvalue weighted by molar-refractivity contribution is 7.89. The third-order valence-corrected chi connectivity index (χ3v) is 5.02. The van der Waals surface area contributed by atoms with Crippen LogP contribution in [-0.4, -0.2) is 27.2 Å². The average molecular weight is 377 g/mol. The maximum Gasteiger partial charge on any atom is 0.251 e. The molecule has 0 saturated carbocycles. The second-order valence-electron chi connectivity index (χ2n) is 6.47. The van der Waals surface area contributed by atoms with Gasteiger partial charge in [-0.1, -0.05) is 12.1 Å². The molecular formula is C19H20FNO4S. The molecule has 7 heteroatoms. The van der Waals surface area contributed by atoms with Crippen molar-refractivity contribution in [1.82, 2.24) is 5.32 Å². The minimum absolute atomic E-state index is 0.126. The lowest BCUT2D eigenvalue weighted by atomic mass is 10.0. The van der Waals surface area contributed by atoms with Crippen molar-refractivity contribution in [2.45, 2.75) is 24.6 Å². The predicted molar refractivity (Wildman–Crippen MR) is 96.3 cm³/mol. The molecule has 2 aromatic carbocycles. The van der Waals surface area contributed by atoms with E-state index in [9.17, 15) is 17.6 Å². The lowest BCUT2D eigenvalue weighted by molar-refractivity contribution is 0.0934. The van der Waals surface area contributed by atoms with Crippen LogP contribution in [0.1, 0.15) is 40.4 Å². The van der Waals surface area contributed by atoms with Gasteiger partial charge in [-0.05, 0) is 48.7 Å². The van der Waals surface area contributed by atoms with Gasteiger partial charge in [0.25, 0.3) is 5.91 Å². The fraction of sp³-hybridized carbons (Fsp3) is 0.316. The van der Waals surface area contributed by atoms with E-state index in [1.54, 1.807) is 30.3 Å². The van der Waals surface area contributed by atoms with E-state index in [1.807, 2.05) is 0 Å². The van der Waals surface area contributed by atoms with Crippen LogP contribution in [0, 0.1) is 5.82 Å². The Balaban J connectivity index is 1.82. The molecule has 0 aliphatic carbocycles. The zero-order valence-electron chi connectivity index (χ0n) is 14.4. The molecule has 1 atom stereocenters. The van der Waals surface area contributed by atoms with Crippen molar-refractivity contribution in [2.24, 2.45) is 0 Å². The van der Waals surface area contributed by atoms with Gasteiger partial charge in [0.15, 0.2) is 9.84 Å². The number of halogens is 1. The normalized spacial score (nSPS) is 16.9. The minimum Gasteiger partial charge on any atom is -0.493 e. The minimum atomic E-state index is -3.19. The van der Waals surface area contributed by atoms with Crippen molar-refractivity contribution in [3.63, 3.8) is 0 Å². The Morgan fingerprint density at radius 3 is 2.85 bits per heavy atom. The Morgan fingerprint density at radius 1 is 1.27 bits per heavy atom. The summed E-state index contributed by atoms with van der Waals surface area (Å²) in [6.07, 6.45) is 2.51. The number of amides is 1. The molecule has 1 N–H and O–H groups in total. The number of fused-ring (bicyclic) bond motifs is 1. The van der Waals surface area contributed by atoms with Gasteiger partial charge < -0.3 is 10.1 Å². The van der Waals surface area contributed by atoms with Gasteiger partial charge in [0, 0.05) is 17.4 Å². The molecule has 0 bridgehead atoms. The number of rotatable bonds is 4. The van der Waals surface area contributed by atoms with Crippen molar-refractivity contribution in [1.29, 1.82) is 0 Å². The first-order valence-corrected chi connectivity index (χ1v) is 10.4. The van der Waals surface area contributed by atoms with E-state index in [-0.39, 0.29) is 23.5 Å². The smallest absolute Gasteiger partial charge is 0.251 e. The van der Waals surface area contributed by atoms with Gasteiger partial charge in [-0.15, -0.1) is 0 Å². The number of carbonyl (C=O) groups excluding carboxylic acids is 1. The Labute approximate surface area is 152 Å². The molecule has 26 heavy (non-hydrogen) atoms. The molecule has 1 amide bonds. The molecule has 0 spiro atoms. The van der Waals surface area contributed by atoms with Crippen molar-refractivity contribution in [3.8, 4) is 5.75 Å². The summed E-state index contributed by atoms with van der Waals surface area (Å²) in [5.74, 6) is -0.273. The first-order chi connectivity index (χ1) is 12.3. The van der Waals surface area contributed by atoms with Crippen LogP contribution in [0.2, 0.25) is 0 Å². The van der Waals surface area contributed by atoms with E-state index in [0.717, 1.165) is 12.7 Å². The van der Waals surface area contributed by atoms with E-state index < -0.39 is 9.84 Å². The monoisotopic (exact) mass is 377 g/mol. The fourth-order valence-electron chi connectivity index (χ4n) is 3.04. The second kappa shape index (κ2) is 7.45. The van der Waals surface area contributed by atoms with Crippen LogP contribution >= 0.6 is 0 Å². The fourth-order valence-corrected chi connectivity index (χ4v) is 3.83. The zero-order valence-corrected chi connectivity index (χ0v) is 15.2. The van der Waals surface area contributed by atoms with Gasteiger partial charge in [-0.3, -0.25) is 4.79 Å². The summed E-state index contributed by atoms with van der Waals surface area (Å²) in [4.78, 5) is 12.6. The summed E-state index contributed by atoms with van der Waals surface area (Å²) in [6.45, 7) is 0.509. The third-order valence-electron chi connectivity index (χ3n) is 4.17. The molecule has 0 saturated heterocycles. The molecule has 2 aromatic rings. The predicted octanol–water partition coefficient (Wildman–Crippen LogP) is 3.01. The van der Waals surface area contributed by atoms with Gasteiger partial charge in [0.05, 0.1) is 18.4 Å². The molecular weight excluding hydrogens is 357 g/mol. The van der Waals surface area contributed by atoms with Crippen molar-refractivity contribution >= 4 is 15.7 Å². The van der Waals surface area contributed by atoms with E-state index >= 15 is 0 Å². The van der Waals surface area contributed by atoms with E-state index in [4.69, 9.17) is 4.74 Å². The summed E-state index contributed by atoms with van der Waals surface area (Å²) in [5.41, 5.74) is 1.54. The highest BCUT2D eigenvalue weighted by Gasteiger charge is 2.23. The molecule has 0 unspecified atom stereocenters. The number of benzene rings is 2. The lowest BCUT2D eigenvalue weighted by Gasteiger charge is -2.18. The summed E-state index contributed by atoms with van der Waals surface area (Å²) in [6, 6.07) is 10.4. The van der Waals surface area contributed by atoms with Crippen LogP contribution in [0.5, 0.6) is 5.75 Å². The summed E-state index contributed by atoms with van der Waals surface area (Å²) >= 11 is 0. The van der Waals surface area contributed by atoms with Gasteiger partial charge in [0.1, 0.15) is 11.6 Å². The maximum atomic E-state index is 13.6. The lowest BCUT2D eigenvalue weighted by Crippen LogP contribution is -2.28. The topological polar surface area (TPSA) is 72.5 Å². The molecule has 3 rings (SSSR count). The first kappa shape index (κ1) is 18.4. The highest BCUT2D eigenvalue weighted by Crippen LogP contribution is 2.32.